The number of rotatable bonds is 7. The van der Waals surface area contributed by atoms with Crippen molar-refractivity contribution in [3.63, 3.8) is 0 Å². The van der Waals surface area contributed by atoms with Crippen molar-refractivity contribution in [3.05, 3.63) is 48.0 Å². The molecule has 0 amide bonds. The van der Waals surface area contributed by atoms with E-state index in [1.54, 1.807) is 0 Å². The number of aryl methyl sites for hydroxylation is 1. The molecule has 0 unspecified atom stereocenters. The molecular formula is C16H22FN3O3S. The third kappa shape index (κ3) is 3.95. The zero-order valence-corrected chi connectivity index (χ0v) is 15.0. The minimum Gasteiger partial charge on any atom is -0.494 e. The van der Waals surface area contributed by atoms with Gasteiger partial charge in [-0.25, -0.2) is 17.5 Å². The zero-order chi connectivity index (χ0) is 17.9. The van der Waals surface area contributed by atoms with Gasteiger partial charge in [-0.05, 0) is 44.4 Å². The van der Waals surface area contributed by atoms with Crippen molar-refractivity contribution < 1.29 is 17.5 Å². The van der Waals surface area contributed by atoms with E-state index in [1.807, 2.05) is 48.9 Å². The number of hydrogen-bond acceptors (Lipinski definition) is 4. The fraction of sp³-hybridized carbons (Fsp3) is 0.375. The van der Waals surface area contributed by atoms with Crippen molar-refractivity contribution >= 4 is 10.0 Å². The number of nitrogens with zero attached hydrogens (tertiary/aromatic N) is 2. The highest BCUT2D eigenvalue weighted by Gasteiger charge is 2.22. The quantitative estimate of drug-likeness (QED) is 0.822. The second-order valence-corrected chi connectivity index (χ2v) is 7.44. The summed E-state index contributed by atoms with van der Waals surface area (Å²) >= 11 is 0. The molecule has 1 aromatic carbocycles. The van der Waals surface area contributed by atoms with Gasteiger partial charge in [0.05, 0.1) is 18.0 Å². The molecule has 6 nitrogen and oxygen atoms in total. The van der Waals surface area contributed by atoms with Crippen molar-refractivity contribution in [3.8, 4) is 5.75 Å². The Morgan fingerprint density at radius 1 is 1.33 bits per heavy atom. The average molecular weight is 355 g/mol. The predicted octanol–water partition coefficient (Wildman–Crippen LogP) is 1.75. The fourth-order valence-corrected chi connectivity index (χ4v) is 3.51. The number of aromatic nitrogens is 1. The van der Waals surface area contributed by atoms with Crippen molar-refractivity contribution in [2.45, 2.75) is 10.9 Å². The van der Waals surface area contributed by atoms with Gasteiger partial charge in [0.15, 0.2) is 11.6 Å². The first-order valence-electron chi connectivity index (χ1n) is 7.37. The molecule has 0 aliphatic carbocycles. The van der Waals surface area contributed by atoms with Gasteiger partial charge in [-0.1, -0.05) is 0 Å². The van der Waals surface area contributed by atoms with Crippen LogP contribution in [0.5, 0.6) is 5.75 Å². The summed E-state index contributed by atoms with van der Waals surface area (Å²) in [5.74, 6) is -0.712. The largest absolute Gasteiger partial charge is 0.494 e. The Morgan fingerprint density at radius 2 is 2.04 bits per heavy atom. The van der Waals surface area contributed by atoms with Gasteiger partial charge in [0.25, 0.3) is 0 Å². The van der Waals surface area contributed by atoms with Crippen LogP contribution >= 0.6 is 0 Å². The molecule has 2 rings (SSSR count). The Morgan fingerprint density at radius 3 is 2.54 bits per heavy atom. The highest BCUT2D eigenvalue weighted by Crippen LogP contribution is 2.22. The van der Waals surface area contributed by atoms with E-state index < -0.39 is 15.8 Å². The third-order valence-electron chi connectivity index (χ3n) is 3.85. The molecule has 0 bridgehead atoms. The topological polar surface area (TPSA) is 63.6 Å². The third-order valence-corrected chi connectivity index (χ3v) is 5.27. The van der Waals surface area contributed by atoms with Crippen LogP contribution < -0.4 is 9.46 Å². The second kappa shape index (κ2) is 7.33. The monoisotopic (exact) mass is 355 g/mol. The number of hydrogen-bond donors (Lipinski definition) is 1. The summed E-state index contributed by atoms with van der Waals surface area (Å²) in [6.45, 7) is 0.167. The Labute approximate surface area is 141 Å². The maximum Gasteiger partial charge on any atom is 0.240 e. The van der Waals surface area contributed by atoms with Crippen LogP contribution in [0.1, 0.15) is 11.7 Å². The summed E-state index contributed by atoms with van der Waals surface area (Å²) in [7, 11) is 3.15. The summed E-state index contributed by atoms with van der Waals surface area (Å²) in [6, 6.07) is 7.25. The van der Waals surface area contributed by atoms with Gasteiger partial charge in [0, 0.05) is 25.5 Å². The maximum absolute atomic E-state index is 13.8. The van der Waals surface area contributed by atoms with Crippen LogP contribution in [0.4, 0.5) is 4.39 Å². The predicted molar refractivity (Wildman–Crippen MR) is 90.0 cm³/mol. The van der Waals surface area contributed by atoms with Crippen LogP contribution in [0.2, 0.25) is 0 Å². The fourth-order valence-electron chi connectivity index (χ4n) is 2.46. The normalized spacial score (nSPS) is 13.2. The maximum atomic E-state index is 13.8. The first-order valence-corrected chi connectivity index (χ1v) is 8.85. The highest BCUT2D eigenvalue weighted by molar-refractivity contribution is 7.89. The summed E-state index contributed by atoms with van der Waals surface area (Å²) in [6.07, 6.45) is 1.90. The lowest BCUT2D eigenvalue weighted by Gasteiger charge is -2.25. The van der Waals surface area contributed by atoms with E-state index in [1.165, 1.54) is 19.2 Å². The van der Waals surface area contributed by atoms with E-state index in [0.717, 1.165) is 11.8 Å². The van der Waals surface area contributed by atoms with Gasteiger partial charge < -0.3 is 9.30 Å². The highest BCUT2D eigenvalue weighted by atomic mass is 32.2. The molecule has 0 fully saturated rings. The molecule has 1 N–H and O–H groups in total. The van der Waals surface area contributed by atoms with E-state index >= 15 is 0 Å². The number of benzene rings is 1. The van der Waals surface area contributed by atoms with Crippen LogP contribution in [0.25, 0.3) is 0 Å². The van der Waals surface area contributed by atoms with Gasteiger partial charge >= 0.3 is 0 Å². The average Bonchev–Trinajstić information content (AvgIpc) is 2.93. The van der Waals surface area contributed by atoms with Gasteiger partial charge in [0.2, 0.25) is 10.0 Å². The van der Waals surface area contributed by atoms with Crippen LogP contribution in [0.3, 0.4) is 0 Å². The molecule has 0 saturated heterocycles. The lowest BCUT2D eigenvalue weighted by Crippen LogP contribution is -2.35. The molecule has 132 valence electrons. The van der Waals surface area contributed by atoms with Crippen LogP contribution in [-0.2, 0) is 17.1 Å². The van der Waals surface area contributed by atoms with Crippen LogP contribution in [0, 0.1) is 5.82 Å². The Balaban J connectivity index is 2.19. The van der Waals surface area contributed by atoms with Crippen molar-refractivity contribution in [1.29, 1.82) is 0 Å². The molecule has 1 atom stereocenters. The van der Waals surface area contributed by atoms with E-state index in [-0.39, 0.29) is 23.2 Å². The number of halogens is 1. The Hall–Kier alpha value is -1.90. The molecular weight excluding hydrogens is 333 g/mol. The number of methoxy groups -OCH3 is 1. The second-order valence-electron chi connectivity index (χ2n) is 5.67. The lowest BCUT2D eigenvalue weighted by molar-refractivity contribution is 0.289. The van der Waals surface area contributed by atoms with E-state index in [0.29, 0.717) is 0 Å². The molecule has 0 spiro atoms. The smallest absolute Gasteiger partial charge is 0.240 e. The molecule has 0 aliphatic heterocycles. The molecule has 24 heavy (non-hydrogen) atoms. The molecule has 2 aromatic rings. The van der Waals surface area contributed by atoms with Crippen molar-refractivity contribution in [1.82, 2.24) is 14.2 Å². The standard InChI is InChI=1S/C16H22FN3O3S/c1-19(2)15(14-6-5-9-20(14)3)11-18-24(21,22)12-7-8-16(23-4)13(17)10-12/h5-10,15,18H,11H2,1-4H3/t15-/m0/s1. The van der Waals surface area contributed by atoms with Crippen molar-refractivity contribution in [2.24, 2.45) is 7.05 Å². The molecule has 0 aliphatic rings. The zero-order valence-electron chi connectivity index (χ0n) is 14.2. The molecule has 1 aromatic heterocycles. The van der Waals surface area contributed by atoms with E-state index in [9.17, 15) is 12.8 Å². The minimum atomic E-state index is -3.82. The Kier molecular flexibility index (Phi) is 5.63. The van der Waals surface area contributed by atoms with Crippen LogP contribution in [-0.4, -0.2) is 45.6 Å². The van der Waals surface area contributed by atoms with Crippen LogP contribution in [0.15, 0.2) is 41.4 Å². The summed E-state index contributed by atoms with van der Waals surface area (Å²) in [4.78, 5) is 1.79. The molecule has 0 saturated carbocycles. The number of sulfonamides is 1. The number of nitrogens with one attached hydrogen (secondary N) is 1. The SMILES string of the molecule is COc1ccc(S(=O)(=O)NC[C@@H](c2cccn2C)N(C)C)cc1F. The minimum absolute atomic E-state index is 0.00364. The van der Waals surface area contributed by atoms with Gasteiger partial charge in [-0.15, -0.1) is 0 Å². The molecule has 1 heterocycles. The lowest BCUT2D eigenvalue weighted by atomic mass is 10.2. The number of ether oxygens (including phenoxy) is 1. The first-order chi connectivity index (χ1) is 11.3. The van der Waals surface area contributed by atoms with E-state index in [2.05, 4.69) is 4.72 Å². The summed E-state index contributed by atoms with van der Waals surface area (Å²) < 4.78 is 47.9. The summed E-state index contributed by atoms with van der Waals surface area (Å²) in [5, 5.41) is 0. The first kappa shape index (κ1) is 18.4. The van der Waals surface area contributed by atoms with Gasteiger partial charge in [-0.2, -0.15) is 0 Å². The van der Waals surface area contributed by atoms with Gasteiger partial charge in [-0.3, -0.25) is 4.90 Å². The van der Waals surface area contributed by atoms with E-state index in [4.69, 9.17) is 4.74 Å². The number of likely N-dealkylation sites (N-methyl/N-ethyl adjacent to an activating group) is 1. The Bertz CT molecular complexity index is 803. The summed E-state index contributed by atoms with van der Waals surface area (Å²) in [5.41, 5.74) is 0.976. The van der Waals surface area contributed by atoms with Crippen molar-refractivity contribution in [2.75, 3.05) is 27.7 Å². The molecule has 8 heteroatoms. The molecule has 0 radical (unpaired) electrons. The van der Waals surface area contributed by atoms with Gasteiger partial charge in [0.1, 0.15) is 0 Å².